The maximum absolute atomic E-state index is 11.0. The first-order valence-electron chi connectivity index (χ1n) is 6.77. The predicted octanol–water partition coefficient (Wildman–Crippen LogP) is 3.27. The summed E-state index contributed by atoms with van der Waals surface area (Å²) in [6.45, 7) is 3.40. The summed E-state index contributed by atoms with van der Waals surface area (Å²) in [5.74, 6) is 0. The summed E-state index contributed by atoms with van der Waals surface area (Å²) >= 11 is 0. The molecule has 0 amide bonds. The van der Waals surface area contributed by atoms with Gasteiger partial charge in [0, 0.05) is 19.2 Å². The topological polar surface area (TPSA) is 64.4 Å². The van der Waals surface area contributed by atoms with E-state index in [1.807, 2.05) is 13.0 Å². The van der Waals surface area contributed by atoms with E-state index in [2.05, 4.69) is 5.32 Å². The van der Waals surface area contributed by atoms with Crippen molar-refractivity contribution in [3.63, 3.8) is 0 Å². The molecule has 1 heterocycles. The van der Waals surface area contributed by atoms with Crippen LogP contribution in [0.25, 0.3) is 0 Å². The molecule has 104 valence electrons. The summed E-state index contributed by atoms with van der Waals surface area (Å²) in [5, 5.41) is 14.1. The number of nitro groups is 1. The van der Waals surface area contributed by atoms with E-state index in [4.69, 9.17) is 4.74 Å². The SMILES string of the molecule is Cc1ccc(NCCC2CCCCO2)c([N+](=O)[O-])c1. The molecule has 0 radical (unpaired) electrons. The van der Waals surface area contributed by atoms with Crippen molar-refractivity contribution in [2.24, 2.45) is 0 Å². The van der Waals surface area contributed by atoms with Gasteiger partial charge in [0.2, 0.25) is 0 Å². The van der Waals surface area contributed by atoms with Crippen molar-refractivity contribution in [3.05, 3.63) is 33.9 Å². The van der Waals surface area contributed by atoms with Crippen LogP contribution in [-0.2, 0) is 4.74 Å². The van der Waals surface area contributed by atoms with Crippen molar-refractivity contribution in [1.29, 1.82) is 0 Å². The molecule has 1 saturated heterocycles. The lowest BCUT2D eigenvalue weighted by Crippen LogP contribution is -2.22. The van der Waals surface area contributed by atoms with Gasteiger partial charge in [0.15, 0.2) is 0 Å². The number of nitrogens with one attached hydrogen (secondary N) is 1. The number of nitro benzene ring substituents is 1. The molecule has 1 atom stereocenters. The van der Waals surface area contributed by atoms with Crippen LogP contribution < -0.4 is 5.32 Å². The van der Waals surface area contributed by atoms with Gasteiger partial charge in [-0.2, -0.15) is 0 Å². The quantitative estimate of drug-likeness (QED) is 0.654. The van der Waals surface area contributed by atoms with E-state index in [0.717, 1.165) is 31.4 Å². The monoisotopic (exact) mass is 264 g/mol. The van der Waals surface area contributed by atoms with Crippen molar-refractivity contribution in [2.45, 2.75) is 38.7 Å². The van der Waals surface area contributed by atoms with Crippen molar-refractivity contribution in [1.82, 2.24) is 0 Å². The Morgan fingerprint density at radius 2 is 2.32 bits per heavy atom. The first kappa shape index (κ1) is 13.8. The van der Waals surface area contributed by atoms with E-state index < -0.39 is 0 Å². The minimum Gasteiger partial charge on any atom is -0.379 e. The van der Waals surface area contributed by atoms with Crippen molar-refractivity contribution >= 4 is 11.4 Å². The van der Waals surface area contributed by atoms with Crippen LogP contribution in [0.3, 0.4) is 0 Å². The third-order valence-corrected chi connectivity index (χ3v) is 3.41. The number of hydrogen-bond acceptors (Lipinski definition) is 4. The summed E-state index contributed by atoms with van der Waals surface area (Å²) in [7, 11) is 0. The third kappa shape index (κ3) is 3.92. The number of rotatable bonds is 5. The highest BCUT2D eigenvalue weighted by Gasteiger charge is 2.16. The summed E-state index contributed by atoms with van der Waals surface area (Å²) in [5.41, 5.74) is 1.63. The van der Waals surface area contributed by atoms with Gasteiger partial charge in [0.25, 0.3) is 5.69 Å². The Morgan fingerprint density at radius 3 is 3.00 bits per heavy atom. The Labute approximate surface area is 113 Å². The zero-order valence-electron chi connectivity index (χ0n) is 11.2. The lowest BCUT2D eigenvalue weighted by atomic mass is 10.1. The van der Waals surface area contributed by atoms with Crippen LogP contribution in [0.4, 0.5) is 11.4 Å². The third-order valence-electron chi connectivity index (χ3n) is 3.41. The van der Waals surface area contributed by atoms with Gasteiger partial charge in [0.05, 0.1) is 11.0 Å². The maximum Gasteiger partial charge on any atom is 0.292 e. The highest BCUT2D eigenvalue weighted by atomic mass is 16.6. The normalized spacial score (nSPS) is 19.1. The van der Waals surface area contributed by atoms with Crippen LogP contribution in [0.5, 0.6) is 0 Å². The van der Waals surface area contributed by atoms with E-state index in [1.54, 1.807) is 12.1 Å². The predicted molar refractivity (Wildman–Crippen MR) is 74.5 cm³/mol. The molecular formula is C14H20N2O3. The number of benzene rings is 1. The van der Waals surface area contributed by atoms with E-state index >= 15 is 0 Å². The van der Waals surface area contributed by atoms with Crippen molar-refractivity contribution in [3.8, 4) is 0 Å². The fraction of sp³-hybridized carbons (Fsp3) is 0.571. The second-order valence-corrected chi connectivity index (χ2v) is 4.98. The molecule has 1 unspecified atom stereocenters. The fourth-order valence-electron chi connectivity index (χ4n) is 2.35. The number of anilines is 1. The van der Waals surface area contributed by atoms with Crippen LogP contribution in [0.2, 0.25) is 0 Å². The smallest absolute Gasteiger partial charge is 0.292 e. The molecule has 1 fully saturated rings. The molecule has 1 N–H and O–H groups in total. The first-order chi connectivity index (χ1) is 9.16. The van der Waals surface area contributed by atoms with Gasteiger partial charge in [-0.25, -0.2) is 0 Å². The van der Waals surface area contributed by atoms with Crippen molar-refractivity contribution < 1.29 is 9.66 Å². The van der Waals surface area contributed by atoms with E-state index in [9.17, 15) is 10.1 Å². The molecule has 2 rings (SSSR count). The number of aryl methyl sites for hydroxylation is 1. The molecule has 19 heavy (non-hydrogen) atoms. The molecule has 1 aliphatic heterocycles. The minimum atomic E-state index is -0.341. The van der Waals surface area contributed by atoms with E-state index in [1.165, 1.54) is 6.42 Å². The Bertz CT molecular complexity index is 442. The fourth-order valence-corrected chi connectivity index (χ4v) is 2.35. The van der Waals surface area contributed by atoms with Crippen molar-refractivity contribution in [2.75, 3.05) is 18.5 Å². The molecule has 5 heteroatoms. The summed E-state index contributed by atoms with van der Waals surface area (Å²) < 4.78 is 5.64. The Morgan fingerprint density at radius 1 is 1.47 bits per heavy atom. The molecule has 0 bridgehead atoms. The van der Waals surface area contributed by atoms with Crippen LogP contribution in [0.1, 0.15) is 31.2 Å². The second-order valence-electron chi connectivity index (χ2n) is 4.98. The van der Waals surface area contributed by atoms with Crippen LogP contribution in [0.15, 0.2) is 18.2 Å². The lowest BCUT2D eigenvalue weighted by molar-refractivity contribution is -0.384. The molecular weight excluding hydrogens is 244 g/mol. The maximum atomic E-state index is 11.0. The van der Waals surface area contributed by atoms with Gasteiger partial charge in [-0.1, -0.05) is 6.07 Å². The molecule has 0 aromatic heterocycles. The Kier molecular flexibility index (Phi) is 4.74. The standard InChI is InChI=1S/C14H20N2O3/c1-11-5-6-13(14(10-11)16(17)18)15-8-7-12-4-2-3-9-19-12/h5-6,10,12,15H,2-4,7-9H2,1H3. The Balaban J connectivity index is 1.89. The molecule has 0 aliphatic carbocycles. The van der Waals surface area contributed by atoms with Gasteiger partial charge in [-0.05, 0) is 44.2 Å². The van der Waals surface area contributed by atoms with Gasteiger partial charge >= 0.3 is 0 Å². The molecule has 1 aromatic carbocycles. The number of hydrogen-bond donors (Lipinski definition) is 1. The van der Waals surface area contributed by atoms with Gasteiger partial charge in [-0.15, -0.1) is 0 Å². The number of nitrogens with zero attached hydrogens (tertiary/aromatic N) is 1. The molecule has 1 aromatic rings. The Hall–Kier alpha value is -1.62. The van der Waals surface area contributed by atoms with Crippen LogP contribution >= 0.6 is 0 Å². The van der Waals surface area contributed by atoms with Crippen LogP contribution in [-0.4, -0.2) is 24.2 Å². The summed E-state index contributed by atoms with van der Waals surface area (Å²) in [4.78, 5) is 10.6. The average Bonchev–Trinajstić information content (AvgIpc) is 2.41. The van der Waals surface area contributed by atoms with Gasteiger partial charge in [0.1, 0.15) is 5.69 Å². The zero-order valence-corrected chi connectivity index (χ0v) is 11.2. The van der Waals surface area contributed by atoms with Gasteiger partial charge < -0.3 is 10.1 Å². The molecule has 0 spiro atoms. The van der Waals surface area contributed by atoms with Crippen LogP contribution in [0, 0.1) is 17.0 Å². The average molecular weight is 264 g/mol. The summed E-state index contributed by atoms with van der Waals surface area (Å²) in [6.07, 6.45) is 4.65. The largest absolute Gasteiger partial charge is 0.379 e. The minimum absolute atomic E-state index is 0.143. The highest BCUT2D eigenvalue weighted by Crippen LogP contribution is 2.25. The molecule has 1 aliphatic rings. The van der Waals surface area contributed by atoms with E-state index in [0.29, 0.717) is 18.3 Å². The van der Waals surface area contributed by atoms with Gasteiger partial charge in [-0.3, -0.25) is 10.1 Å². The summed E-state index contributed by atoms with van der Waals surface area (Å²) in [6, 6.07) is 5.25. The first-order valence-corrected chi connectivity index (χ1v) is 6.77. The zero-order chi connectivity index (χ0) is 13.7. The molecule has 5 nitrogen and oxygen atoms in total. The van der Waals surface area contributed by atoms with E-state index in [-0.39, 0.29) is 10.6 Å². The second kappa shape index (κ2) is 6.52. The highest BCUT2D eigenvalue weighted by molar-refractivity contribution is 5.62. The number of ether oxygens (including phenoxy) is 1. The lowest BCUT2D eigenvalue weighted by Gasteiger charge is -2.22. The molecule has 0 saturated carbocycles.